The Kier molecular flexibility index (Phi) is 4.90. The molecule has 3 rings (SSSR count). The highest BCUT2D eigenvalue weighted by atomic mass is 79.9. The second-order valence-electron chi connectivity index (χ2n) is 5.63. The van der Waals surface area contributed by atoms with Gasteiger partial charge in [-0.05, 0) is 31.5 Å². The zero-order valence-corrected chi connectivity index (χ0v) is 14.6. The van der Waals surface area contributed by atoms with Crippen LogP contribution in [0.3, 0.4) is 0 Å². The molecular formula is C16H18BrN3OS. The van der Waals surface area contributed by atoms with Gasteiger partial charge in [-0.25, -0.2) is 4.98 Å². The lowest BCUT2D eigenvalue weighted by Gasteiger charge is -2.30. The van der Waals surface area contributed by atoms with E-state index >= 15 is 0 Å². The molecule has 1 amide bonds. The van der Waals surface area contributed by atoms with Crippen LogP contribution in [0, 0.1) is 5.92 Å². The summed E-state index contributed by atoms with van der Waals surface area (Å²) in [5, 5.41) is 3.13. The van der Waals surface area contributed by atoms with Gasteiger partial charge < -0.3 is 5.73 Å². The number of piperidine rings is 1. The van der Waals surface area contributed by atoms with Crippen molar-refractivity contribution < 1.29 is 4.79 Å². The highest BCUT2D eigenvalue weighted by Gasteiger charge is 2.24. The summed E-state index contributed by atoms with van der Waals surface area (Å²) in [7, 11) is 0. The number of rotatable bonds is 4. The van der Waals surface area contributed by atoms with Crippen molar-refractivity contribution in [3.05, 3.63) is 39.8 Å². The van der Waals surface area contributed by atoms with Gasteiger partial charge in [0, 0.05) is 28.5 Å². The zero-order valence-electron chi connectivity index (χ0n) is 12.2. The van der Waals surface area contributed by atoms with Crippen LogP contribution in [0.5, 0.6) is 0 Å². The van der Waals surface area contributed by atoms with Gasteiger partial charge in [-0.3, -0.25) is 9.69 Å². The van der Waals surface area contributed by atoms with Crippen LogP contribution in [-0.4, -0.2) is 28.9 Å². The number of carbonyl (C=O) groups is 1. The fraction of sp³-hybridized carbons (Fsp3) is 0.375. The second-order valence-corrected chi connectivity index (χ2v) is 7.40. The Balaban J connectivity index is 1.68. The van der Waals surface area contributed by atoms with E-state index in [9.17, 15) is 4.79 Å². The number of hydrogen-bond acceptors (Lipinski definition) is 4. The summed E-state index contributed by atoms with van der Waals surface area (Å²) in [5.74, 6) is -0.199. The van der Waals surface area contributed by atoms with Crippen molar-refractivity contribution in [1.82, 2.24) is 9.88 Å². The van der Waals surface area contributed by atoms with E-state index in [1.165, 1.54) is 0 Å². The molecule has 0 unspecified atom stereocenters. The van der Waals surface area contributed by atoms with E-state index in [2.05, 4.69) is 38.3 Å². The monoisotopic (exact) mass is 379 g/mol. The molecule has 1 saturated heterocycles. The first-order valence-electron chi connectivity index (χ1n) is 7.34. The number of nitrogens with two attached hydrogens (primary N) is 1. The van der Waals surface area contributed by atoms with Gasteiger partial charge >= 0.3 is 0 Å². The van der Waals surface area contributed by atoms with Crippen LogP contribution >= 0.6 is 27.3 Å². The molecule has 0 radical (unpaired) electrons. The zero-order chi connectivity index (χ0) is 15.5. The molecule has 1 fully saturated rings. The Morgan fingerprint density at radius 2 is 2.36 bits per heavy atom. The van der Waals surface area contributed by atoms with Crippen molar-refractivity contribution in [3.63, 3.8) is 0 Å². The van der Waals surface area contributed by atoms with Gasteiger partial charge in [-0.2, -0.15) is 0 Å². The van der Waals surface area contributed by atoms with Gasteiger partial charge in [-0.15, -0.1) is 11.3 Å². The average Bonchev–Trinajstić information content (AvgIpc) is 2.96. The molecule has 0 saturated carbocycles. The lowest BCUT2D eigenvalue weighted by atomic mass is 9.97. The van der Waals surface area contributed by atoms with Crippen LogP contribution in [0.2, 0.25) is 0 Å². The molecule has 1 aliphatic heterocycles. The van der Waals surface area contributed by atoms with Crippen LogP contribution in [0.25, 0.3) is 10.6 Å². The largest absolute Gasteiger partial charge is 0.369 e. The van der Waals surface area contributed by atoms with E-state index in [1.807, 2.05) is 12.1 Å². The van der Waals surface area contributed by atoms with E-state index in [0.717, 1.165) is 53.2 Å². The normalized spacial score (nSPS) is 19.2. The Hall–Kier alpha value is -1.24. The molecule has 1 aromatic heterocycles. The van der Waals surface area contributed by atoms with Crippen LogP contribution in [-0.2, 0) is 11.3 Å². The van der Waals surface area contributed by atoms with Gasteiger partial charge in [0.25, 0.3) is 0 Å². The number of primary amides is 1. The first-order chi connectivity index (χ1) is 10.6. The van der Waals surface area contributed by atoms with Crippen LogP contribution < -0.4 is 5.73 Å². The lowest BCUT2D eigenvalue weighted by molar-refractivity contribution is -0.123. The molecule has 2 heterocycles. The van der Waals surface area contributed by atoms with Crippen molar-refractivity contribution in [2.45, 2.75) is 19.4 Å². The molecule has 1 aromatic carbocycles. The molecule has 116 valence electrons. The number of aromatic nitrogens is 1. The minimum absolute atomic E-state index is 0.0167. The van der Waals surface area contributed by atoms with Crippen molar-refractivity contribution in [1.29, 1.82) is 0 Å². The first-order valence-corrected chi connectivity index (χ1v) is 9.01. The minimum atomic E-state index is -0.183. The third-order valence-electron chi connectivity index (χ3n) is 3.92. The molecule has 4 nitrogen and oxygen atoms in total. The van der Waals surface area contributed by atoms with Crippen molar-refractivity contribution in [2.24, 2.45) is 11.7 Å². The summed E-state index contributed by atoms with van der Waals surface area (Å²) in [4.78, 5) is 18.4. The summed E-state index contributed by atoms with van der Waals surface area (Å²) < 4.78 is 1.06. The molecular weight excluding hydrogens is 362 g/mol. The van der Waals surface area contributed by atoms with E-state index in [0.29, 0.717) is 0 Å². The topological polar surface area (TPSA) is 59.2 Å². The van der Waals surface area contributed by atoms with Gasteiger partial charge in [0.05, 0.1) is 11.6 Å². The van der Waals surface area contributed by atoms with Crippen LogP contribution in [0.1, 0.15) is 18.5 Å². The number of carbonyl (C=O) groups excluding carboxylic acids is 1. The number of nitrogens with zero attached hydrogens (tertiary/aromatic N) is 2. The number of benzene rings is 1. The summed E-state index contributed by atoms with van der Waals surface area (Å²) in [6, 6.07) is 8.17. The lowest BCUT2D eigenvalue weighted by Crippen LogP contribution is -2.40. The quantitative estimate of drug-likeness (QED) is 0.886. The average molecular weight is 380 g/mol. The summed E-state index contributed by atoms with van der Waals surface area (Å²) in [6.07, 6.45) is 1.93. The molecule has 0 spiro atoms. The smallest absolute Gasteiger partial charge is 0.221 e. The highest BCUT2D eigenvalue weighted by molar-refractivity contribution is 9.10. The maximum absolute atomic E-state index is 11.4. The predicted molar refractivity (Wildman–Crippen MR) is 92.4 cm³/mol. The third-order valence-corrected chi connectivity index (χ3v) is 5.35. The van der Waals surface area contributed by atoms with E-state index in [4.69, 9.17) is 10.7 Å². The first kappa shape index (κ1) is 15.6. The summed E-state index contributed by atoms with van der Waals surface area (Å²) >= 11 is 5.15. The maximum atomic E-state index is 11.4. The van der Waals surface area contributed by atoms with Crippen LogP contribution in [0.15, 0.2) is 34.1 Å². The Morgan fingerprint density at radius 1 is 1.50 bits per heavy atom. The molecule has 1 atom stereocenters. The fourth-order valence-corrected chi connectivity index (χ4v) is 4.00. The van der Waals surface area contributed by atoms with Crippen LogP contribution in [0.4, 0.5) is 0 Å². The standard InChI is InChI=1S/C16H18BrN3OS/c17-13-5-1-3-11(7-13)16-19-14(10-22-16)9-20-6-2-4-12(8-20)15(18)21/h1,3,5,7,10,12H,2,4,6,8-9H2,(H2,18,21)/t12-/m0/s1. The highest BCUT2D eigenvalue weighted by Crippen LogP contribution is 2.27. The molecule has 6 heteroatoms. The van der Waals surface area contributed by atoms with E-state index in [1.54, 1.807) is 11.3 Å². The number of hydrogen-bond donors (Lipinski definition) is 1. The Morgan fingerprint density at radius 3 is 3.14 bits per heavy atom. The van der Waals surface area contributed by atoms with Crippen molar-refractivity contribution >= 4 is 33.2 Å². The summed E-state index contributed by atoms with van der Waals surface area (Å²) in [5.41, 5.74) is 7.62. The molecule has 2 aromatic rings. The summed E-state index contributed by atoms with van der Waals surface area (Å²) in [6.45, 7) is 2.54. The maximum Gasteiger partial charge on any atom is 0.221 e. The van der Waals surface area contributed by atoms with E-state index in [-0.39, 0.29) is 11.8 Å². The molecule has 22 heavy (non-hydrogen) atoms. The van der Waals surface area contributed by atoms with Gasteiger partial charge in [0.15, 0.2) is 0 Å². The van der Waals surface area contributed by atoms with E-state index < -0.39 is 0 Å². The Labute approximate surface area is 142 Å². The molecule has 2 N–H and O–H groups in total. The number of thiazole rings is 1. The number of halogens is 1. The molecule has 0 bridgehead atoms. The predicted octanol–water partition coefficient (Wildman–Crippen LogP) is 3.27. The second kappa shape index (κ2) is 6.89. The SMILES string of the molecule is NC(=O)[C@H]1CCCN(Cc2csc(-c3cccc(Br)c3)n2)C1. The van der Waals surface area contributed by atoms with Gasteiger partial charge in [-0.1, -0.05) is 28.1 Å². The molecule has 1 aliphatic rings. The molecule has 0 aliphatic carbocycles. The number of likely N-dealkylation sites (tertiary alicyclic amines) is 1. The van der Waals surface area contributed by atoms with Gasteiger partial charge in [0.2, 0.25) is 5.91 Å². The van der Waals surface area contributed by atoms with Gasteiger partial charge in [0.1, 0.15) is 5.01 Å². The third kappa shape index (κ3) is 3.74. The van der Waals surface area contributed by atoms with Crippen molar-refractivity contribution in [3.8, 4) is 10.6 Å². The Bertz CT molecular complexity index is 673. The number of amides is 1. The minimum Gasteiger partial charge on any atom is -0.369 e. The fourth-order valence-electron chi connectivity index (χ4n) is 2.79. The van der Waals surface area contributed by atoms with Crippen molar-refractivity contribution in [2.75, 3.05) is 13.1 Å².